The van der Waals surface area contributed by atoms with Crippen LogP contribution in [-0.4, -0.2) is 18.6 Å². The molecule has 0 fully saturated rings. The highest BCUT2D eigenvalue weighted by Gasteiger charge is 2.11. The molecule has 1 unspecified atom stereocenters. The van der Waals surface area contributed by atoms with Crippen molar-refractivity contribution >= 4 is 5.91 Å². The molecule has 0 heterocycles. The number of nitrogens with one attached hydrogen (secondary N) is 1. The third-order valence-corrected chi connectivity index (χ3v) is 3.62. The highest BCUT2D eigenvalue weighted by Crippen LogP contribution is 2.23. The molecule has 0 spiro atoms. The van der Waals surface area contributed by atoms with Gasteiger partial charge in [-0.3, -0.25) is 4.79 Å². The van der Waals surface area contributed by atoms with Gasteiger partial charge in [-0.1, -0.05) is 33.8 Å². The fourth-order valence-corrected chi connectivity index (χ4v) is 2.00. The Kier molecular flexibility index (Phi) is 6.05. The van der Waals surface area contributed by atoms with Gasteiger partial charge in [0.25, 0.3) is 5.91 Å². The maximum atomic E-state index is 11.8. The first-order valence-electron chi connectivity index (χ1n) is 7.34. The lowest BCUT2D eigenvalue weighted by molar-refractivity contribution is -0.124. The second kappa shape index (κ2) is 7.32. The van der Waals surface area contributed by atoms with E-state index in [0.717, 1.165) is 5.75 Å². The van der Waals surface area contributed by atoms with Crippen molar-refractivity contribution in [1.29, 1.82) is 0 Å². The highest BCUT2D eigenvalue weighted by atomic mass is 16.5. The highest BCUT2D eigenvalue weighted by molar-refractivity contribution is 5.77. The molecule has 1 atom stereocenters. The minimum Gasteiger partial charge on any atom is -0.484 e. The summed E-state index contributed by atoms with van der Waals surface area (Å²) in [6.07, 6.45) is 0. The summed E-state index contributed by atoms with van der Waals surface area (Å²) in [5.41, 5.74) is 2.52. The zero-order valence-electron chi connectivity index (χ0n) is 13.5. The molecule has 0 aliphatic carbocycles. The normalized spacial score (nSPS) is 12.6. The van der Waals surface area contributed by atoms with Gasteiger partial charge in [-0.15, -0.1) is 0 Å². The molecule has 112 valence electrons. The average Bonchev–Trinajstić information content (AvgIpc) is 2.35. The predicted octanol–water partition coefficient (Wildman–Crippen LogP) is 3.66. The van der Waals surface area contributed by atoms with E-state index < -0.39 is 0 Å². The van der Waals surface area contributed by atoms with E-state index in [4.69, 9.17) is 4.74 Å². The number of aryl methyl sites for hydroxylation is 1. The van der Waals surface area contributed by atoms with Crippen LogP contribution in [-0.2, 0) is 4.79 Å². The lowest BCUT2D eigenvalue weighted by atomic mass is 9.98. The van der Waals surface area contributed by atoms with Crippen LogP contribution in [0.4, 0.5) is 0 Å². The summed E-state index contributed by atoms with van der Waals surface area (Å²) in [7, 11) is 0. The molecule has 0 aliphatic rings. The van der Waals surface area contributed by atoms with Crippen LogP contribution >= 0.6 is 0 Å². The Labute approximate surface area is 122 Å². The van der Waals surface area contributed by atoms with Gasteiger partial charge < -0.3 is 10.1 Å². The molecular formula is C17H27NO2. The van der Waals surface area contributed by atoms with E-state index in [-0.39, 0.29) is 18.6 Å². The van der Waals surface area contributed by atoms with Gasteiger partial charge in [0.05, 0.1) is 0 Å². The summed E-state index contributed by atoms with van der Waals surface area (Å²) in [6.45, 7) is 12.7. The molecule has 20 heavy (non-hydrogen) atoms. The number of carbonyl (C=O) groups excluding carboxylic acids is 1. The second-order valence-electron chi connectivity index (χ2n) is 6.06. The van der Waals surface area contributed by atoms with E-state index in [1.54, 1.807) is 0 Å². The van der Waals surface area contributed by atoms with Crippen LogP contribution in [0.15, 0.2) is 18.2 Å². The van der Waals surface area contributed by atoms with E-state index in [1.807, 2.05) is 19.1 Å². The van der Waals surface area contributed by atoms with Crippen molar-refractivity contribution < 1.29 is 9.53 Å². The molecule has 1 amide bonds. The Morgan fingerprint density at radius 2 is 1.85 bits per heavy atom. The third kappa shape index (κ3) is 4.87. The zero-order chi connectivity index (χ0) is 15.3. The topological polar surface area (TPSA) is 38.3 Å². The molecular weight excluding hydrogens is 250 g/mol. The van der Waals surface area contributed by atoms with E-state index in [0.29, 0.717) is 11.8 Å². The smallest absolute Gasteiger partial charge is 0.258 e. The van der Waals surface area contributed by atoms with Crippen LogP contribution in [0, 0.1) is 12.8 Å². The van der Waals surface area contributed by atoms with E-state index in [2.05, 4.69) is 46.0 Å². The Balaban J connectivity index is 2.54. The molecule has 0 bridgehead atoms. The van der Waals surface area contributed by atoms with Crippen LogP contribution in [0.1, 0.15) is 51.7 Å². The summed E-state index contributed by atoms with van der Waals surface area (Å²) >= 11 is 0. The van der Waals surface area contributed by atoms with Crippen LogP contribution in [0.5, 0.6) is 5.75 Å². The van der Waals surface area contributed by atoms with Gasteiger partial charge in [-0.2, -0.15) is 0 Å². The molecule has 1 rings (SSSR count). The van der Waals surface area contributed by atoms with Crippen molar-refractivity contribution in [3.05, 3.63) is 29.3 Å². The quantitative estimate of drug-likeness (QED) is 0.861. The van der Waals surface area contributed by atoms with Gasteiger partial charge in [0, 0.05) is 6.04 Å². The molecule has 1 aromatic rings. The number of carbonyl (C=O) groups is 1. The minimum atomic E-state index is -0.0724. The van der Waals surface area contributed by atoms with E-state index in [1.165, 1.54) is 11.1 Å². The largest absolute Gasteiger partial charge is 0.484 e. The average molecular weight is 277 g/mol. The van der Waals surface area contributed by atoms with Gasteiger partial charge in [0.1, 0.15) is 5.75 Å². The lowest BCUT2D eigenvalue weighted by Gasteiger charge is -2.18. The first-order chi connectivity index (χ1) is 9.31. The summed E-state index contributed by atoms with van der Waals surface area (Å²) < 4.78 is 5.55. The Hall–Kier alpha value is -1.51. The van der Waals surface area contributed by atoms with Gasteiger partial charge in [0.15, 0.2) is 6.61 Å². The Bertz CT molecular complexity index is 452. The van der Waals surface area contributed by atoms with Crippen LogP contribution < -0.4 is 10.1 Å². The van der Waals surface area contributed by atoms with E-state index >= 15 is 0 Å². The monoisotopic (exact) mass is 277 g/mol. The van der Waals surface area contributed by atoms with Crippen LogP contribution in [0.2, 0.25) is 0 Å². The van der Waals surface area contributed by atoms with Crippen molar-refractivity contribution in [3.8, 4) is 5.75 Å². The molecule has 0 saturated heterocycles. The Morgan fingerprint density at radius 3 is 2.35 bits per heavy atom. The van der Waals surface area contributed by atoms with Crippen LogP contribution in [0.25, 0.3) is 0 Å². The number of rotatable bonds is 6. The first-order valence-corrected chi connectivity index (χ1v) is 7.34. The van der Waals surface area contributed by atoms with Gasteiger partial charge in [-0.05, 0) is 48.9 Å². The maximum absolute atomic E-state index is 11.8. The molecule has 0 aromatic heterocycles. The zero-order valence-corrected chi connectivity index (χ0v) is 13.5. The lowest BCUT2D eigenvalue weighted by Crippen LogP contribution is -2.38. The molecule has 0 radical (unpaired) electrons. The third-order valence-electron chi connectivity index (χ3n) is 3.62. The van der Waals surface area contributed by atoms with Crippen molar-refractivity contribution in [2.75, 3.05) is 6.61 Å². The predicted molar refractivity (Wildman–Crippen MR) is 83.2 cm³/mol. The number of amides is 1. The second-order valence-corrected chi connectivity index (χ2v) is 6.06. The number of ether oxygens (including phenoxy) is 1. The van der Waals surface area contributed by atoms with Crippen molar-refractivity contribution in [3.63, 3.8) is 0 Å². The fraction of sp³-hybridized carbons (Fsp3) is 0.588. The summed E-state index contributed by atoms with van der Waals surface area (Å²) in [5, 5.41) is 2.93. The van der Waals surface area contributed by atoms with Gasteiger partial charge in [-0.25, -0.2) is 0 Å². The van der Waals surface area contributed by atoms with Crippen molar-refractivity contribution in [2.24, 2.45) is 5.92 Å². The molecule has 3 nitrogen and oxygen atoms in total. The number of hydrogen-bond acceptors (Lipinski definition) is 2. The fourth-order valence-electron chi connectivity index (χ4n) is 2.00. The van der Waals surface area contributed by atoms with Gasteiger partial charge in [0.2, 0.25) is 0 Å². The molecule has 3 heteroatoms. The van der Waals surface area contributed by atoms with Crippen molar-refractivity contribution in [2.45, 2.75) is 53.5 Å². The van der Waals surface area contributed by atoms with Crippen molar-refractivity contribution in [1.82, 2.24) is 5.32 Å². The minimum absolute atomic E-state index is 0.0670. The molecule has 0 aliphatic heterocycles. The summed E-state index contributed by atoms with van der Waals surface area (Å²) in [6, 6.07) is 6.16. The maximum Gasteiger partial charge on any atom is 0.258 e. The number of hydrogen-bond donors (Lipinski definition) is 1. The van der Waals surface area contributed by atoms with Crippen LogP contribution in [0.3, 0.4) is 0 Å². The molecule has 1 aromatic carbocycles. The Morgan fingerprint density at radius 1 is 1.20 bits per heavy atom. The number of benzene rings is 1. The van der Waals surface area contributed by atoms with Gasteiger partial charge >= 0.3 is 0 Å². The SMILES string of the molecule is Cc1cc(OCC(=O)NC(C)C(C)C)ccc1C(C)C. The molecule has 0 saturated carbocycles. The summed E-state index contributed by atoms with van der Waals surface area (Å²) in [5.74, 6) is 1.60. The van der Waals surface area contributed by atoms with E-state index in [9.17, 15) is 4.79 Å². The standard InChI is InChI=1S/C17H27NO2/c1-11(2)14(6)18-17(19)10-20-15-7-8-16(12(3)4)13(5)9-15/h7-9,11-12,14H,10H2,1-6H3,(H,18,19). The summed E-state index contributed by atoms with van der Waals surface area (Å²) in [4.78, 5) is 11.8. The molecule has 1 N–H and O–H groups in total. The first kappa shape index (κ1) is 16.5.